The first kappa shape index (κ1) is 13.4. The highest BCUT2D eigenvalue weighted by Gasteiger charge is 2.12. The van der Waals surface area contributed by atoms with E-state index in [1.807, 2.05) is 0 Å². The molecule has 1 aromatic carbocycles. The summed E-state index contributed by atoms with van der Waals surface area (Å²) in [6, 6.07) is 3.75. The molecule has 0 unspecified atom stereocenters. The average molecular weight is 275 g/mol. The second-order valence-electron chi connectivity index (χ2n) is 3.72. The van der Waals surface area contributed by atoms with Crippen molar-refractivity contribution in [2.75, 3.05) is 5.32 Å². The maximum atomic E-state index is 13.8. The van der Waals surface area contributed by atoms with Crippen LogP contribution in [0.2, 0.25) is 0 Å². The van der Waals surface area contributed by atoms with Crippen LogP contribution in [-0.4, -0.2) is 26.9 Å². The van der Waals surface area contributed by atoms with Crippen LogP contribution in [0.4, 0.5) is 10.1 Å². The summed E-state index contributed by atoms with van der Waals surface area (Å²) < 4.78 is 13.8. The van der Waals surface area contributed by atoms with Crippen LogP contribution in [0.5, 0.6) is 0 Å². The molecule has 1 aromatic heterocycles. The maximum absolute atomic E-state index is 13.8. The fourth-order valence-corrected chi connectivity index (χ4v) is 1.44. The number of nitrogens with one attached hydrogen (secondary N) is 1. The third-order valence-electron chi connectivity index (χ3n) is 2.42. The molecule has 0 aliphatic carbocycles. The van der Waals surface area contributed by atoms with E-state index in [2.05, 4.69) is 20.4 Å². The van der Waals surface area contributed by atoms with Crippen molar-refractivity contribution >= 4 is 17.4 Å². The van der Waals surface area contributed by atoms with Crippen molar-refractivity contribution in [1.29, 1.82) is 0 Å². The van der Waals surface area contributed by atoms with Crippen LogP contribution in [0.3, 0.4) is 0 Å². The Hall–Kier alpha value is -3.03. The topological polar surface area (TPSA) is 113 Å². The molecule has 4 N–H and O–H groups in total. The SMILES string of the molecule is N/C(=N/O)c1ccc(NC(=O)c2cnccn2)c(F)c1. The summed E-state index contributed by atoms with van der Waals surface area (Å²) in [4.78, 5) is 19.3. The molecule has 0 aliphatic rings. The van der Waals surface area contributed by atoms with Crippen LogP contribution in [0.15, 0.2) is 41.9 Å². The number of hydrogen-bond donors (Lipinski definition) is 3. The summed E-state index contributed by atoms with van der Waals surface area (Å²) >= 11 is 0. The molecule has 0 atom stereocenters. The summed E-state index contributed by atoms with van der Waals surface area (Å²) in [5.41, 5.74) is 5.55. The molecule has 0 fully saturated rings. The number of nitrogens with two attached hydrogens (primary N) is 1. The van der Waals surface area contributed by atoms with Gasteiger partial charge in [0.25, 0.3) is 5.91 Å². The first-order chi connectivity index (χ1) is 9.61. The molecule has 0 aliphatic heterocycles. The molecule has 20 heavy (non-hydrogen) atoms. The van der Waals surface area contributed by atoms with Crippen LogP contribution in [0, 0.1) is 5.82 Å². The normalized spacial score (nSPS) is 11.2. The third-order valence-corrected chi connectivity index (χ3v) is 2.42. The number of carbonyl (C=O) groups is 1. The largest absolute Gasteiger partial charge is 0.409 e. The molecular formula is C12H10FN5O2. The Bertz CT molecular complexity index is 660. The lowest BCUT2D eigenvalue weighted by molar-refractivity contribution is 0.102. The minimum Gasteiger partial charge on any atom is -0.409 e. The standard InChI is InChI=1S/C12H10FN5O2/c13-8-5-7(11(14)18-20)1-2-9(8)17-12(19)10-6-15-3-4-16-10/h1-6,20H,(H2,14,18)(H,17,19). The number of oxime groups is 1. The smallest absolute Gasteiger partial charge is 0.275 e. The van der Waals surface area contributed by atoms with Crippen LogP contribution in [-0.2, 0) is 0 Å². The summed E-state index contributed by atoms with van der Waals surface area (Å²) in [7, 11) is 0. The van der Waals surface area contributed by atoms with E-state index in [-0.39, 0.29) is 22.8 Å². The van der Waals surface area contributed by atoms with Crippen molar-refractivity contribution in [1.82, 2.24) is 9.97 Å². The highest BCUT2D eigenvalue weighted by atomic mass is 19.1. The van der Waals surface area contributed by atoms with Crippen LogP contribution < -0.4 is 11.1 Å². The lowest BCUT2D eigenvalue weighted by Crippen LogP contribution is -2.16. The predicted octanol–water partition coefficient (Wildman–Crippen LogP) is 0.962. The predicted molar refractivity (Wildman–Crippen MR) is 68.9 cm³/mol. The van der Waals surface area contributed by atoms with Gasteiger partial charge in [0.15, 0.2) is 5.84 Å². The number of amides is 1. The van der Waals surface area contributed by atoms with Crippen molar-refractivity contribution < 1.29 is 14.4 Å². The van der Waals surface area contributed by atoms with E-state index in [4.69, 9.17) is 10.9 Å². The van der Waals surface area contributed by atoms with Gasteiger partial charge < -0.3 is 16.3 Å². The van der Waals surface area contributed by atoms with E-state index < -0.39 is 11.7 Å². The molecule has 102 valence electrons. The van der Waals surface area contributed by atoms with Gasteiger partial charge in [-0.1, -0.05) is 5.16 Å². The Morgan fingerprint density at radius 1 is 1.40 bits per heavy atom. The number of hydrogen-bond acceptors (Lipinski definition) is 5. The third kappa shape index (κ3) is 2.86. The van der Waals surface area contributed by atoms with Gasteiger partial charge in [0.2, 0.25) is 0 Å². The Kier molecular flexibility index (Phi) is 3.85. The van der Waals surface area contributed by atoms with Gasteiger partial charge in [0.1, 0.15) is 11.5 Å². The molecule has 7 nitrogen and oxygen atoms in total. The highest BCUT2D eigenvalue weighted by Crippen LogP contribution is 2.16. The van der Waals surface area contributed by atoms with E-state index >= 15 is 0 Å². The van der Waals surface area contributed by atoms with Gasteiger partial charge in [0.05, 0.1) is 11.9 Å². The van der Waals surface area contributed by atoms with Gasteiger partial charge in [-0.05, 0) is 18.2 Å². The number of benzene rings is 1. The van der Waals surface area contributed by atoms with Gasteiger partial charge in [0, 0.05) is 18.0 Å². The van der Waals surface area contributed by atoms with Gasteiger partial charge >= 0.3 is 0 Å². The molecule has 0 saturated carbocycles. The number of aromatic nitrogens is 2. The van der Waals surface area contributed by atoms with E-state index in [9.17, 15) is 9.18 Å². The Morgan fingerprint density at radius 3 is 2.80 bits per heavy atom. The monoisotopic (exact) mass is 275 g/mol. The van der Waals surface area contributed by atoms with E-state index in [0.717, 1.165) is 6.07 Å². The number of rotatable bonds is 3. The van der Waals surface area contributed by atoms with E-state index in [1.54, 1.807) is 0 Å². The zero-order chi connectivity index (χ0) is 14.5. The number of halogens is 1. The minimum absolute atomic E-state index is 0.0462. The summed E-state index contributed by atoms with van der Waals surface area (Å²) in [6.45, 7) is 0. The first-order valence-electron chi connectivity index (χ1n) is 5.46. The van der Waals surface area contributed by atoms with Crippen molar-refractivity contribution in [3.05, 3.63) is 53.9 Å². The van der Waals surface area contributed by atoms with Crippen molar-refractivity contribution in [3.8, 4) is 0 Å². The molecule has 8 heteroatoms. The van der Waals surface area contributed by atoms with Crippen molar-refractivity contribution in [2.45, 2.75) is 0 Å². The van der Waals surface area contributed by atoms with Gasteiger partial charge in [-0.15, -0.1) is 0 Å². The number of carbonyl (C=O) groups excluding carboxylic acids is 1. The Labute approximate surface area is 113 Å². The fraction of sp³-hybridized carbons (Fsp3) is 0. The molecule has 1 amide bonds. The first-order valence-corrected chi connectivity index (χ1v) is 5.46. The second kappa shape index (κ2) is 5.74. The lowest BCUT2D eigenvalue weighted by Gasteiger charge is -2.07. The molecule has 2 aromatic rings. The van der Waals surface area contributed by atoms with Crippen LogP contribution in [0.1, 0.15) is 16.1 Å². The van der Waals surface area contributed by atoms with Gasteiger partial charge in [-0.2, -0.15) is 0 Å². The molecule has 0 bridgehead atoms. The maximum Gasteiger partial charge on any atom is 0.275 e. The zero-order valence-electron chi connectivity index (χ0n) is 10.1. The van der Waals surface area contributed by atoms with Crippen molar-refractivity contribution in [3.63, 3.8) is 0 Å². The summed E-state index contributed by atoms with van der Waals surface area (Å²) in [5.74, 6) is -1.53. The quantitative estimate of drug-likeness (QED) is 0.334. The Balaban J connectivity index is 2.21. The molecule has 1 heterocycles. The fourth-order valence-electron chi connectivity index (χ4n) is 1.44. The Morgan fingerprint density at radius 2 is 2.20 bits per heavy atom. The lowest BCUT2D eigenvalue weighted by atomic mass is 10.2. The van der Waals surface area contributed by atoms with Crippen LogP contribution in [0.25, 0.3) is 0 Å². The molecular weight excluding hydrogens is 265 g/mol. The molecule has 0 saturated heterocycles. The number of anilines is 1. The second-order valence-corrected chi connectivity index (χ2v) is 3.72. The van der Waals surface area contributed by atoms with E-state index in [0.29, 0.717) is 0 Å². The molecule has 0 spiro atoms. The average Bonchev–Trinajstić information content (AvgIpc) is 2.49. The molecule has 2 rings (SSSR count). The molecule has 0 radical (unpaired) electrons. The highest BCUT2D eigenvalue weighted by molar-refractivity contribution is 6.03. The summed E-state index contributed by atoms with van der Waals surface area (Å²) in [6.07, 6.45) is 4.04. The number of amidine groups is 1. The van der Waals surface area contributed by atoms with Crippen molar-refractivity contribution in [2.24, 2.45) is 10.9 Å². The zero-order valence-corrected chi connectivity index (χ0v) is 10.1. The van der Waals surface area contributed by atoms with Gasteiger partial charge in [-0.3, -0.25) is 9.78 Å². The van der Waals surface area contributed by atoms with Crippen LogP contribution >= 0.6 is 0 Å². The summed E-state index contributed by atoms with van der Waals surface area (Å²) in [5, 5.41) is 13.6. The number of nitrogens with zero attached hydrogens (tertiary/aromatic N) is 3. The van der Waals surface area contributed by atoms with Gasteiger partial charge in [-0.25, -0.2) is 9.37 Å². The minimum atomic E-state index is -0.716. The van der Waals surface area contributed by atoms with E-state index in [1.165, 1.54) is 30.7 Å².